The molecule has 0 unspecified atom stereocenters. The van der Waals surface area contributed by atoms with Crippen LogP contribution < -0.4 is 5.32 Å². The molecule has 0 aliphatic carbocycles. The van der Waals surface area contributed by atoms with E-state index in [1.807, 2.05) is 55.5 Å². The lowest BCUT2D eigenvalue weighted by atomic mass is 9.99. The Hall–Kier alpha value is -3.84. The zero-order chi connectivity index (χ0) is 20.7. The zero-order valence-corrected chi connectivity index (χ0v) is 16.7. The Balaban J connectivity index is 1.53. The van der Waals surface area contributed by atoms with Crippen LogP contribution in [0.4, 0.5) is 5.69 Å². The second kappa shape index (κ2) is 7.20. The van der Waals surface area contributed by atoms with Crippen molar-refractivity contribution < 1.29 is 9.21 Å². The van der Waals surface area contributed by atoms with E-state index in [-0.39, 0.29) is 11.7 Å². The fourth-order valence-corrected chi connectivity index (χ4v) is 3.73. The Labute approximate surface area is 172 Å². The molecule has 1 amide bonds. The molecule has 0 atom stereocenters. The van der Waals surface area contributed by atoms with Crippen molar-refractivity contribution in [3.8, 4) is 11.1 Å². The third-order valence-electron chi connectivity index (χ3n) is 5.07. The maximum Gasteiger partial charge on any atom is 0.291 e. The molecule has 5 rings (SSSR count). The van der Waals surface area contributed by atoms with Crippen molar-refractivity contribution in [1.29, 1.82) is 0 Å². The number of anilines is 1. The number of carbonyl (C=O) groups excluding carboxylic acids is 1. The maximum atomic E-state index is 12.8. The Bertz CT molecular complexity index is 1360. The predicted octanol–water partition coefficient (Wildman–Crippen LogP) is 4.62. The first kappa shape index (κ1) is 18.2. The second-order valence-corrected chi connectivity index (χ2v) is 7.56. The molecule has 0 aliphatic heterocycles. The summed E-state index contributed by atoms with van der Waals surface area (Å²) in [5.74, 6) is 0.729. The van der Waals surface area contributed by atoms with Crippen LogP contribution in [0.2, 0.25) is 0 Å². The van der Waals surface area contributed by atoms with Gasteiger partial charge in [0.1, 0.15) is 5.76 Å². The number of benzene rings is 2. The minimum absolute atomic E-state index is 0.279. The maximum absolute atomic E-state index is 12.8. The van der Waals surface area contributed by atoms with Gasteiger partial charge in [0.25, 0.3) is 5.91 Å². The van der Waals surface area contributed by atoms with Gasteiger partial charge in [-0.2, -0.15) is 5.10 Å². The normalized spacial score (nSPS) is 11.6. The number of furan rings is 1. The van der Waals surface area contributed by atoms with E-state index in [0.717, 1.165) is 38.7 Å². The third kappa shape index (κ3) is 3.25. The molecule has 5 aromatic rings. The minimum Gasteiger partial charge on any atom is -0.455 e. The van der Waals surface area contributed by atoms with E-state index in [1.165, 1.54) is 0 Å². The number of amides is 1. The highest BCUT2D eigenvalue weighted by molar-refractivity contribution is 6.09. The van der Waals surface area contributed by atoms with E-state index < -0.39 is 0 Å². The van der Waals surface area contributed by atoms with Gasteiger partial charge in [0.15, 0.2) is 5.76 Å². The van der Waals surface area contributed by atoms with Crippen LogP contribution in [0.25, 0.3) is 32.9 Å². The summed E-state index contributed by atoms with van der Waals surface area (Å²) in [4.78, 5) is 18.1. The van der Waals surface area contributed by atoms with Crippen molar-refractivity contribution in [2.45, 2.75) is 6.54 Å². The Morgan fingerprint density at radius 3 is 2.87 bits per heavy atom. The van der Waals surface area contributed by atoms with Crippen LogP contribution in [0.3, 0.4) is 0 Å². The standard InChI is InChI=1S/C23H21N5O2/c1-28(2)13-15-6-7-22(30-15)23(29)26-20-10-14(11-21-18(20)12-25-27-21)16-4-3-5-19-17(16)8-9-24-19/h3-12,24H,13H2,1-2H3,(H,25,27)(H,26,29). The van der Waals surface area contributed by atoms with Crippen molar-refractivity contribution in [3.63, 3.8) is 0 Å². The van der Waals surface area contributed by atoms with Crippen molar-refractivity contribution in [2.24, 2.45) is 0 Å². The first-order chi connectivity index (χ1) is 14.6. The predicted molar refractivity (Wildman–Crippen MR) is 117 cm³/mol. The quantitative estimate of drug-likeness (QED) is 0.402. The first-order valence-electron chi connectivity index (χ1n) is 9.67. The summed E-state index contributed by atoms with van der Waals surface area (Å²) < 4.78 is 5.70. The average Bonchev–Trinajstić information content (AvgIpc) is 3.47. The van der Waals surface area contributed by atoms with Crippen LogP contribution in [-0.4, -0.2) is 40.1 Å². The molecule has 3 N–H and O–H groups in total. The van der Waals surface area contributed by atoms with Crippen LogP contribution in [-0.2, 0) is 6.54 Å². The molecule has 0 saturated heterocycles. The van der Waals surface area contributed by atoms with E-state index in [1.54, 1.807) is 12.3 Å². The SMILES string of the molecule is CN(C)Cc1ccc(C(=O)Nc2cc(-c3cccc4[nH]ccc34)cc3[nH]ncc23)o1. The van der Waals surface area contributed by atoms with Gasteiger partial charge in [0.2, 0.25) is 0 Å². The highest BCUT2D eigenvalue weighted by atomic mass is 16.4. The van der Waals surface area contributed by atoms with Gasteiger partial charge in [0.05, 0.1) is 23.9 Å². The van der Waals surface area contributed by atoms with Gasteiger partial charge in [-0.1, -0.05) is 12.1 Å². The fourth-order valence-electron chi connectivity index (χ4n) is 3.73. The molecule has 3 heterocycles. The number of carbonyl (C=O) groups is 1. The number of nitrogens with one attached hydrogen (secondary N) is 3. The molecule has 0 aliphatic rings. The number of aromatic nitrogens is 3. The van der Waals surface area contributed by atoms with Crippen LogP contribution in [0.15, 0.2) is 65.3 Å². The lowest BCUT2D eigenvalue weighted by Gasteiger charge is -2.10. The van der Waals surface area contributed by atoms with Gasteiger partial charge >= 0.3 is 0 Å². The van der Waals surface area contributed by atoms with E-state index >= 15 is 0 Å². The fraction of sp³-hybridized carbons (Fsp3) is 0.130. The van der Waals surface area contributed by atoms with Crippen molar-refractivity contribution >= 4 is 33.4 Å². The summed E-state index contributed by atoms with van der Waals surface area (Å²) in [5, 5.41) is 12.1. The van der Waals surface area contributed by atoms with E-state index in [9.17, 15) is 4.79 Å². The van der Waals surface area contributed by atoms with Gasteiger partial charge in [-0.05, 0) is 61.6 Å². The molecule has 7 nitrogen and oxygen atoms in total. The van der Waals surface area contributed by atoms with Gasteiger partial charge < -0.3 is 19.6 Å². The molecule has 7 heteroatoms. The van der Waals surface area contributed by atoms with Crippen molar-refractivity contribution in [2.75, 3.05) is 19.4 Å². The van der Waals surface area contributed by atoms with Gasteiger partial charge in [-0.15, -0.1) is 0 Å². The molecule has 150 valence electrons. The van der Waals surface area contributed by atoms with Crippen LogP contribution in [0.1, 0.15) is 16.3 Å². The van der Waals surface area contributed by atoms with Gasteiger partial charge in [-0.25, -0.2) is 0 Å². The van der Waals surface area contributed by atoms with E-state index in [0.29, 0.717) is 12.2 Å². The monoisotopic (exact) mass is 399 g/mol. The molecule has 0 radical (unpaired) electrons. The Kier molecular flexibility index (Phi) is 4.37. The Morgan fingerprint density at radius 2 is 2.00 bits per heavy atom. The number of rotatable bonds is 5. The summed E-state index contributed by atoms with van der Waals surface area (Å²) in [6, 6.07) is 15.7. The molecule has 2 aromatic carbocycles. The van der Waals surface area contributed by atoms with Crippen LogP contribution in [0, 0.1) is 0 Å². The number of hydrogen-bond acceptors (Lipinski definition) is 4. The summed E-state index contributed by atoms with van der Waals surface area (Å²) >= 11 is 0. The number of hydrogen-bond donors (Lipinski definition) is 3. The molecule has 3 aromatic heterocycles. The van der Waals surface area contributed by atoms with Gasteiger partial charge in [-0.3, -0.25) is 9.89 Å². The molecule has 0 fully saturated rings. The molecular weight excluding hydrogens is 378 g/mol. The highest BCUT2D eigenvalue weighted by Crippen LogP contribution is 2.34. The minimum atomic E-state index is -0.292. The molecule has 0 bridgehead atoms. The molecular formula is C23H21N5O2. The average molecular weight is 399 g/mol. The van der Waals surface area contributed by atoms with Crippen LogP contribution >= 0.6 is 0 Å². The lowest BCUT2D eigenvalue weighted by molar-refractivity contribution is 0.0994. The van der Waals surface area contributed by atoms with E-state index in [4.69, 9.17) is 4.42 Å². The summed E-state index contributed by atoms with van der Waals surface area (Å²) in [6.45, 7) is 0.634. The first-order valence-corrected chi connectivity index (χ1v) is 9.67. The highest BCUT2D eigenvalue weighted by Gasteiger charge is 2.16. The smallest absolute Gasteiger partial charge is 0.291 e. The Morgan fingerprint density at radius 1 is 1.10 bits per heavy atom. The van der Waals surface area contributed by atoms with Crippen molar-refractivity contribution in [1.82, 2.24) is 20.1 Å². The number of nitrogens with zero attached hydrogens (tertiary/aromatic N) is 2. The summed E-state index contributed by atoms with van der Waals surface area (Å²) in [5.41, 5.74) is 4.65. The lowest BCUT2D eigenvalue weighted by Crippen LogP contribution is -2.12. The second-order valence-electron chi connectivity index (χ2n) is 7.56. The summed E-state index contributed by atoms with van der Waals surface area (Å²) in [7, 11) is 3.91. The third-order valence-corrected chi connectivity index (χ3v) is 5.07. The van der Waals surface area contributed by atoms with Gasteiger partial charge in [0, 0.05) is 22.5 Å². The van der Waals surface area contributed by atoms with Crippen molar-refractivity contribution in [3.05, 3.63) is 72.4 Å². The number of aromatic amines is 2. The molecule has 30 heavy (non-hydrogen) atoms. The zero-order valence-electron chi connectivity index (χ0n) is 16.7. The van der Waals surface area contributed by atoms with Crippen LogP contribution in [0.5, 0.6) is 0 Å². The summed E-state index contributed by atoms with van der Waals surface area (Å²) in [6.07, 6.45) is 3.64. The van der Waals surface area contributed by atoms with E-state index in [2.05, 4.69) is 32.6 Å². The molecule has 0 saturated carbocycles. The molecule has 0 spiro atoms. The largest absolute Gasteiger partial charge is 0.455 e. The number of fused-ring (bicyclic) bond motifs is 2. The number of H-pyrrole nitrogens is 2. The topological polar surface area (TPSA) is 90.0 Å².